The number of amides is 1. The van der Waals surface area contributed by atoms with Crippen molar-refractivity contribution in [2.75, 3.05) is 6.54 Å². The third kappa shape index (κ3) is 3.71. The number of aliphatic hydroxyl groups is 1. The summed E-state index contributed by atoms with van der Waals surface area (Å²) in [5.74, 6) is -0.349. The largest absolute Gasteiger partial charge is 0.391 e. The van der Waals surface area contributed by atoms with Gasteiger partial charge in [-0.15, -0.1) is 0 Å². The molecule has 0 saturated heterocycles. The molecule has 0 saturated carbocycles. The summed E-state index contributed by atoms with van der Waals surface area (Å²) in [4.78, 5) is 25.4. The van der Waals surface area contributed by atoms with Crippen molar-refractivity contribution in [3.63, 3.8) is 0 Å². The molecule has 0 bridgehead atoms. The zero-order valence-corrected chi connectivity index (χ0v) is 10.1. The normalized spacial score (nSPS) is 14.1. The van der Waals surface area contributed by atoms with Gasteiger partial charge in [-0.1, -0.05) is 20.3 Å². The highest BCUT2D eigenvalue weighted by molar-refractivity contribution is 5.93. The molecule has 5 nitrogen and oxygen atoms in total. The maximum Gasteiger partial charge on any atom is 0.260 e. The molecule has 0 aliphatic rings. The number of nitrogens with one attached hydrogen (secondary N) is 2. The van der Waals surface area contributed by atoms with Gasteiger partial charge in [-0.3, -0.25) is 9.59 Å². The maximum atomic E-state index is 11.6. The summed E-state index contributed by atoms with van der Waals surface area (Å²) in [6.07, 6.45) is 1.71. The van der Waals surface area contributed by atoms with Crippen LogP contribution in [-0.2, 0) is 0 Å². The van der Waals surface area contributed by atoms with E-state index in [1.165, 1.54) is 12.3 Å². The number of hydrogen-bond acceptors (Lipinski definition) is 3. The van der Waals surface area contributed by atoms with Crippen LogP contribution in [0.5, 0.6) is 0 Å². The van der Waals surface area contributed by atoms with Gasteiger partial charge in [0.05, 0.1) is 6.10 Å². The van der Waals surface area contributed by atoms with Gasteiger partial charge in [0, 0.05) is 12.7 Å². The first kappa shape index (κ1) is 13.4. The number of aromatic amines is 1. The molecule has 5 heteroatoms. The van der Waals surface area contributed by atoms with Crippen LogP contribution >= 0.6 is 0 Å². The molecule has 0 aromatic carbocycles. The second-order valence-electron chi connectivity index (χ2n) is 4.08. The van der Waals surface area contributed by atoms with Gasteiger partial charge < -0.3 is 15.4 Å². The summed E-state index contributed by atoms with van der Waals surface area (Å²) in [5.41, 5.74) is -0.369. The van der Waals surface area contributed by atoms with Gasteiger partial charge in [-0.25, -0.2) is 0 Å². The van der Waals surface area contributed by atoms with E-state index in [2.05, 4.69) is 10.3 Å². The van der Waals surface area contributed by atoms with Gasteiger partial charge in [-0.05, 0) is 18.1 Å². The van der Waals surface area contributed by atoms with Crippen molar-refractivity contribution in [3.8, 4) is 0 Å². The van der Waals surface area contributed by atoms with E-state index in [-0.39, 0.29) is 18.0 Å². The second-order valence-corrected chi connectivity index (χ2v) is 4.08. The third-order valence-electron chi connectivity index (χ3n) is 2.84. The Balaban J connectivity index is 2.57. The molecular weight excluding hydrogens is 220 g/mol. The standard InChI is InChI=1S/C12H18N2O3/c1-3-8(2)10(15)7-14-12(17)9-5-4-6-13-11(9)16/h4-6,8,10,15H,3,7H2,1-2H3,(H,13,16)(H,14,17). The van der Waals surface area contributed by atoms with Gasteiger partial charge in [0.25, 0.3) is 11.5 Å². The first-order valence-corrected chi connectivity index (χ1v) is 5.70. The van der Waals surface area contributed by atoms with Crippen LogP contribution in [0.4, 0.5) is 0 Å². The summed E-state index contributed by atoms with van der Waals surface area (Å²) in [7, 11) is 0. The summed E-state index contributed by atoms with van der Waals surface area (Å²) in [5, 5.41) is 12.2. The molecule has 0 aliphatic heterocycles. The molecule has 0 spiro atoms. The summed E-state index contributed by atoms with van der Waals surface area (Å²) < 4.78 is 0. The van der Waals surface area contributed by atoms with Gasteiger partial charge in [0.1, 0.15) is 5.56 Å². The summed E-state index contributed by atoms with van der Waals surface area (Å²) in [6.45, 7) is 4.03. The van der Waals surface area contributed by atoms with Crippen molar-refractivity contribution in [2.45, 2.75) is 26.4 Å². The van der Waals surface area contributed by atoms with Crippen molar-refractivity contribution in [1.82, 2.24) is 10.3 Å². The highest BCUT2D eigenvalue weighted by Crippen LogP contribution is 2.06. The first-order chi connectivity index (χ1) is 8.06. The number of hydrogen-bond donors (Lipinski definition) is 3. The average Bonchev–Trinajstić information content (AvgIpc) is 2.35. The van der Waals surface area contributed by atoms with Crippen LogP contribution in [-0.4, -0.2) is 28.6 Å². The van der Waals surface area contributed by atoms with E-state index in [0.717, 1.165) is 6.42 Å². The van der Waals surface area contributed by atoms with Crippen LogP contribution in [0.15, 0.2) is 23.1 Å². The quantitative estimate of drug-likeness (QED) is 0.699. The van der Waals surface area contributed by atoms with Crippen LogP contribution in [0, 0.1) is 5.92 Å². The number of aliphatic hydroxyl groups excluding tert-OH is 1. The highest BCUT2D eigenvalue weighted by atomic mass is 16.3. The van der Waals surface area contributed by atoms with Crippen LogP contribution in [0.1, 0.15) is 30.6 Å². The first-order valence-electron chi connectivity index (χ1n) is 5.70. The monoisotopic (exact) mass is 238 g/mol. The topological polar surface area (TPSA) is 82.2 Å². The molecule has 17 heavy (non-hydrogen) atoms. The minimum absolute atomic E-state index is 0.0591. The predicted octanol–water partition coefficient (Wildman–Crippen LogP) is 0.512. The number of carbonyl (C=O) groups is 1. The highest BCUT2D eigenvalue weighted by Gasteiger charge is 2.15. The molecule has 0 aliphatic carbocycles. The fraction of sp³-hybridized carbons (Fsp3) is 0.500. The lowest BCUT2D eigenvalue weighted by molar-refractivity contribution is 0.0849. The lowest BCUT2D eigenvalue weighted by Gasteiger charge is -2.17. The Kier molecular flexibility index (Phi) is 4.90. The predicted molar refractivity (Wildman–Crippen MR) is 64.9 cm³/mol. The SMILES string of the molecule is CCC(C)C(O)CNC(=O)c1ccc[nH]c1=O. The summed E-state index contributed by atoms with van der Waals surface area (Å²) >= 11 is 0. The van der Waals surface area contributed by atoms with E-state index in [0.29, 0.717) is 0 Å². The molecule has 0 radical (unpaired) electrons. The fourth-order valence-corrected chi connectivity index (χ4v) is 1.37. The van der Waals surface area contributed by atoms with Crippen LogP contribution in [0.25, 0.3) is 0 Å². The number of rotatable bonds is 5. The van der Waals surface area contributed by atoms with Crippen molar-refractivity contribution in [3.05, 3.63) is 34.2 Å². The fourth-order valence-electron chi connectivity index (χ4n) is 1.37. The Morgan fingerprint density at radius 1 is 1.59 bits per heavy atom. The molecule has 0 fully saturated rings. The van der Waals surface area contributed by atoms with Gasteiger partial charge in [0.2, 0.25) is 0 Å². The zero-order chi connectivity index (χ0) is 12.8. The molecule has 1 rings (SSSR count). The Morgan fingerprint density at radius 2 is 2.29 bits per heavy atom. The van der Waals surface area contributed by atoms with Crippen molar-refractivity contribution in [2.24, 2.45) is 5.92 Å². The van der Waals surface area contributed by atoms with Gasteiger partial charge >= 0.3 is 0 Å². The van der Waals surface area contributed by atoms with Crippen LogP contribution in [0.2, 0.25) is 0 Å². The van der Waals surface area contributed by atoms with E-state index in [1.54, 1.807) is 6.07 Å². The lowest BCUT2D eigenvalue weighted by Crippen LogP contribution is -2.37. The van der Waals surface area contributed by atoms with Crippen molar-refractivity contribution < 1.29 is 9.90 Å². The van der Waals surface area contributed by atoms with Crippen LogP contribution in [0.3, 0.4) is 0 Å². The van der Waals surface area contributed by atoms with Crippen molar-refractivity contribution in [1.29, 1.82) is 0 Å². The Hall–Kier alpha value is -1.62. The number of aromatic nitrogens is 1. The van der Waals surface area contributed by atoms with Gasteiger partial charge in [-0.2, -0.15) is 0 Å². The molecule has 2 atom stereocenters. The van der Waals surface area contributed by atoms with E-state index < -0.39 is 17.6 Å². The molecular formula is C12H18N2O3. The Bertz CT molecular complexity index is 428. The number of H-pyrrole nitrogens is 1. The van der Waals surface area contributed by atoms with Crippen LogP contribution < -0.4 is 10.9 Å². The Labute approximate surface area is 99.9 Å². The molecule has 2 unspecified atom stereocenters. The number of pyridine rings is 1. The molecule has 3 N–H and O–H groups in total. The molecule has 1 heterocycles. The molecule has 1 amide bonds. The molecule has 94 valence electrons. The van der Waals surface area contributed by atoms with E-state index >= 15 is 0 Å². The smallest absolute Gasteiger partial charge is 0.260 e. The second kappa shape index (κ2) is 6.20. The minimum Gasteiger partial charge on any atom is -0.391 e. The zero-order valence-electron chi connectivity index (χ0n) is 10.1. The van der Waals surface area contributed by atoms with E-state index in [1.807, 2.05) is 13.8 Å². The lowest BCUT2D eigenvalue weighted by atomic mass is 10.0. The number of carbonyl (C=O) groups excluding carboxylic acids is 1. The molecule has 1 aromatic rings. The average molecular weight is 238 g/mol. The third-order valence-corrected chi connectivity index (χ3v) is 2.84. The van der Waals surface area contributed by atoms with E-state index in [4.69, 9.17) is 0 Å². The van der Waals surface area contributed by atoms with Crippen molar-refractivity contribution >= 4 is 5.91 Å². The maximum absolute atomic E-state index is 11.6. The van der Waals surface area contributed by atoms with Gasteiger partial charge in [0.15, 0.2) is 0 Å². The minimum atomic E-state index is -0.591. The molecule has 1 aromatic heterocycles. The summed E-state index contributed by atoms with van der Waals surface area (Å²) in [6, 6.07) is 3.03. The van der Waals surface area contributed by atoms with E-state index in [9.17, 15) is 14.7 Å². The Morgan fingerprint density at radius 3 is 2.88 bits per heavy atom.